The van der Waals surface area contributed by atoms with Crippen molar-refractivity contribution in [2.75, 3.05) is 24.7 Å². The summed E-state index contributed by atoms with van der Waals surface area (Å²) in [6.07, 6.45) is 7.51. The van der Waals surface area contributed by atoms with Crippen LogP contribution in [0.25, 0.3) is 0 Å². The Hall–Kier alpha value is -0.130. The van der Waals surface area contributed by atoms with Crippen LogP contribution in [0.1, 0.15) is 45.4 Å². The first-order valence-corrected chi connectivity index (χ1v) is 9.48. The van der Waals surface area contributed by atoms with Crippen molar-refractivity contribution in [1.82, 2.24) is 5.32 Å². The van der Waals surface area contributed by atoms with Crippen molar-refractivity contribution in [3.8, 4) is 0 Å². The molecule has 0 amide bonds. The number of rotatable bonds is 6. The summed E-state index contributed by atoms with van der Waals surface area (Å²) >= 11 is 0. The second-order valence-electron chi connectivity index (χ2n) is 5.92. The van der Waals surface area contributed by atoms with Gasteiger partial charge in [-0.15, -0.1) is 0 Å². The smallest absolute Gasteiger partial charge is 0.151 e. The first kappa shape index (κ1) is 15.3. The van der Waals surface area contributed by atoms with Crippen molar-refractivity contribution in [3.63, 3.8) is 0 Å². The third-order valence-electron chi connectivity index (χ3n) is 4.46. The Morgan fingerprint density at radius 3 is 2.68 bits per heavy atom. The minimum Gasteiger partial charge on any atom is -0.377 e. The summed E-state index contributed by atoms with van der Waals surface area (Å²) < 4.78 is 28.6. The zero-order chi connectivity index (χ0) is 13.7. The molecule has 3 unspecified atom stereocenters. The van der Waals surface area contributed by atoms with E-state index < -0.39 is 9.84 Å². The number of nitrogens with one attached hydrogen (secondary N) is 1. The third kappa shape index (κ3) is 4.72. The number of hydrogen-bond donors (Lipinski definition) is 1. The average Bonchev–Trinajstić information content (AvgIpc) is 2.75. The van der Waals surface area contributed by atoms with E-state index in [0.29, 0.717) is 24.2 Å². The van der Waals surface area contributed by atoms with Gasteiger partial charge in [0.1, 0.15) is 0 Å². The summed E-state index contributed by atoms with van der Waals surface area (Å²) in [4.78, 5) is 0. The lowest BCUT2D eigenvalue weighted by Gasteiger charge is -2.31. The van der Waals surface area contributed by atoms with Crippen molar-refractivity contribution in [2.24, 2.45) is 5.92 Å². The minimum atomic E-state index is -2.77. The normalized spacial score (nSPS) is 34.5. The quantitative estimate of drug-likeness (QED) is 0.757. The lowest BCUT2D eigenvalue weighted by atomic mass is 9.85. The molecule has 1 saturated carbocycles. The zero-order valence-electron chi connectivity index (χ0n) is 11.9. The van der Waals surface area contributed by atoms with Gasteiger partial charge in [0, 0.05) is 12.6 Å². The lowest BCUT2D eigenvalue weighted by molar-refractivity contribution is -0.0107. The predicted octanol–water partition coefficient (Wildman–Crippen LogP) is 1.75. The predicted molar refractivity (Wildman–Crippen MR) is 77.1 cm³/mol. The van der Waals surface area contributed by atoms with Crippen LogP contribution in [-0.2, 0) is 14.6 Å². The SMILES string of the molecule is CCC1CCCCC1OCCNC1CCS(=O)(=O)C1. The maximum absolute atomic E-state index is 11.3. The maximum atomic E-state index is 11.3. The van der Waals surface area contributed by atoms with Crippen LogP contribution in [0.3, 0.4) is 0 Å². The van der Waals surface area contributed by atoms with E-state index in [1.54, 1.807) is 0 Å². The highest BCUT2D eigenvalue weighted by molar-refractivity contribution is 7.91. The molecule has 0 radical (unpaired) electrons. The van der Waals surface area contributed by atoms with Crippen molar-refractivity contribution >= 4 is 9.84 Å². The highest BCUT2D eigenvalue weighted by Gasteiger charge is 2.27. The van der Waals surface area contributed by atoms with E-state index in [-0.39, 0.29) is 6.04 Å². The van der Waals surface area contributed by atoms with Crippen molar-refractivity contribution in [2.45, 2.75) is 57.6 Å². The van der Waals surface area contributed by atoms with Gasteiger partial charge in [-0.1, -0.05) is 26.2 Å². The van der Waals surface area contributed by atoms with Gasteiger partial charge in [-0.05, 0) is 25.2 Å². The summed E-state index contributed by atoms with van der Waals surface area (Å²) in [7, 11) is -2.77. The van der Waals surface area contributed by atoms with E-state index in [0.717, 1.165) is 18.9 Å². The standard InChI is InChI=1S/C14H27NO3S/c1-2-12-5-3-4-6-14(12)18-9-8-15-13-7-10-19(16,17)11-13/h12-15H,2-11H2,1H3. The summed E-state index contributed by atoms with van der Waals surface area (Å²) in [6, 6.07) is 0.141. The summed E-state index contributed by atoms with van der Waals surface area (Å²) in [5.74, 6) is 1.36. The molecule has 1 saturated heterocycles. The Kier molecular flexibility index (Phi) is 5.66. The van der Waals surface area contributed by atoms with Gasteiger partial charge in [-0.2, -0.15) is 0 Å². The molecular formula is C14H27NO3S. The topological polar surface area (TPSA) is 55.4 Å². The molecule has 112 valence electrons. The van der Waals surface area contributed by atoms with Gasteiger partial charge in [-0.25, -0.2) is 8.42 Å². The van der Waals surface area contributed by atoms with E-state index in [1.165, 1.54) is 32.1 Å². The summed E-state index contributed by atoms with van der Waals surface area (Å²) in [6.45, 7) is 3.72. The Balaban J connectivity index is 1.61. The molecule has 1 heterocycles. The molecule has 1 aliphatic carbocycles. The molecule has 0 aromatic rings. The Morgan fingerprint density at radius 2 is 2.00 bits per heavy atom. The van der Waals surface area contributed by atoms with E-state index in [4.69, 9.17) is 4.74 Å². The third-order valence-corrected chi connectivity index (χ3v) is 6.23. The average molecular weight is 289 g/mol. The fraction of sp³-hybridized carbons (Fsp3) is 1.00. The van der Waals surface area contributed by atoms with E-state index in [9.17, 15) is 8.42 Å². The van der Waals surface area contributed by atoms with Crippen LogP contribution in [0.4, 0.5) is 0 Å². The lowest BCUT2D eigenvalue weighted by Crippen LogP contribution is -2.35. The molecule has 2 aliphatic rings. The Bertz CT molecular complexity index is 369. The monoisotopic (exact) mass is 289 g/mol. The fourth-order valence-electron chi connectivity index (χ4n) is 3.29. The van der Waals surface area contributed by atoms with Gasteiger partial charge < -0.3 is 10.1 Å². The molecule has 0 bridgehead atoms. The molecule has 0 aromatic carbocycles. The number of hydrogen-bond acceptors (Lipinski definition) is 4. The second kappa shape index (κ2) is 7.04. The number of ether oxygens (including phenoxy) is 1. The van der Waals surface area contributed by atoms with E-state index >= 15 is 0 Å². The highest BCUT2D eigenvalue weighted by Crippen LogP contribution is 2.28. The minimum absolute atomic E-state index is 0.141. The molecule has 0 aromatic heterocycles. The maximum Gasteiger partial charge on any atom is 0.151 e. The summed E-state index contributed by atoms with van der Waals surface area (Å²) in [5.41, 5.74) is 0. The Labute approximate surface area is 117 Å². The van der Waals surface area contributed by atoms with Gasteiger partial charge in [-0.3, -0.25) is 0 Å². The van der Waals surface area contributed by atoms with Gasteiger partial charge in [0.05, 0.1) is 24.2 Å². The van der Waals surface area contributed by atoms with Crippen LogP contribution in [0.5, 0.6) is 0 Å². The van der Waals surface area contributed by atoms with Crippen LogP contribution in [0, 0.1) is 5.92 Å². The van der Waals surface area contributed by atoms with Crippen LogP contribution in [-0.4, -0.2) is 45.2 Å². The molecule has 2 rings (SSSR count). The first-order chi connectivity index (χ1) is 9.11. The van der Waals surface area contributed by atoms with Crippen LogP contribution < -0.4 is 5.32 Å². The van der Waals surface area contributed by atoms with E-state index in [1.807, 2.05) is 0 Å². The largest absolute Gasteiger partial charge is 0.377 e. The molecule has 5 heteroatoms. The van der Waals surface area contributed by atoms with Gasteiger partial charge >= 0.3 is 0 Å². The molecule has 0 spiro atoms. The van der Waals surface area contributed by atoms with Crippen molar-refractivity contribution in [3.05, 3.63) is 0 Å². The number of sulfone groups is 1. The van der Waals surface area contributed by atoms with Crippen molar-refractivity contribution in [1.29, 1.82) is 0 Å². The van der Waals surface area contributed by atoms with Crippen LogP contribution >= 0.6 is 0 Å². The molecule has 3 atom stereocenters. The molecular weight excluding hydrogens is 262 g/mol. The molecule has 19 heavy (non-hydrogen) atoms. The molecule has 2 fully saturated rings. The van der Waals surface area contributed by atoms with Crippen LogP contribution in [0.2, 0.25) is 0 Å². The molecule has 1 aliphatic heterocycles. The van der Waals surface area contributed by atoms with Gasteiger partial charge in [0.2, 0.25) is 0 Å². The zero-order valence-corrected chi connectivity index (χ0v) is 12.8. The van der Waals surface area contributed by atoms with Gasteiger partial charge in [0.25, 0.3) is 0 Å². The first-order valence-electron chi connectivity index (χ1n) is 7.66. The molecule has 4 nitrogen and oxygen atoms in total. The Morgan fingerprint density at radius 1 is 1.21 bits per heavy atom. The van der Waals surface area contributed by atoms with E-state index in [2.05, 4.69) is 12.2 Å². The fourth-order valence-corrected chi connectivity index (χ4v) is 5.00. The molecule has 1 N–H and O–H groups in total. The second-order valence-corrected chi connectivity index (χ2v) is 8.14. The van der Waals surface area contributed by atoms with Crippen molar-refractivity contribution < 1.29 is 13.2 Å². The van der Waals surface area contributed by atoms with Gasteiger partial charge in [0.15, 0.2) is 9.84 Å². The summed E-state index contributed by atoms with van der Waals surface area (Å²) in [5, 5.41) is 3.31. The van der Waals surface area contributed by atoms with Crippen LogP contribution in [0.15, 0.2) is 0 Å². The highest BCUT2D eigenvalue weighted by atomic mass is 32.2.